The summed E-state index contributed by atoms with van der Waals surface area (Å²) in [6, 6.07) is 0. The van der Waals surface area contributed by atoms with E-state index in [1.807, 2.05) is 0 Å². The molecule has 0 aromatic carbocycles. The van der Waals surface area contributed by atoms with E-state index in [-0.39, 0.29) is 0 Å². The van der Waals surface area contributed by atoms with E-state index >= 15 is 0 Å². The zero-order chi connectivity index (χ0) is 7.98. The molecule has 0 rings (SSSR count). The van der Waals surface area contributed by atoms with Gasteiger partial charge in [-0.25, -0.2) is 4.79 Å². The topological polar surface area (TPSA) is 80.4 Å². The van der Waals surface area contributed by atoms with E-state index in [4.69, 9.17) is 5.11 Å². The maximum atomic E-state index is 9.75. The Morgan fingerprint density at radius 1 is 1.50 bits per heavy atom. The standard InChI is InChI=1S/C5H5NO4/c7-5(8)3-1-2-4-6(9)10/h1-4H,(H,7,8)/b3-1+,4-2+. The highest BCUT2D eigenvalue weighted by atomic mass is 16.6. The van der Waals surface area contributed by atoms with E-state index in [1.54, 1.807) is 0 Å². The van der Waals surface area contributed by atoms with Crippen LogP contribution in [-0.4, -0.2) is 16.0 Å². The lowest BCUT2D eigenvalue weighted by molar-refractivity contribution is -0.402. The van der Waals surface area contributed by atoms with Gasteiger partial charge < -0.3 is 5.11 Å². The molecule has 5 heteroatoms. The minimum atomic E-state index is -1.13. The number of nitrogens with zero attached hydrogens (tertiary/aromatic N) is 1. The van der Waals surface area contributed by atoms with Gasteiger partial charge >= 0.3 is 5.97 Å². The lowest BCUT2D eigenvalue weighted by atomic mass is 10.5. The molecule has 0 aliphatic carbocycles. The van der Waals surface area contributed by atoms with Gasteiger partial charge in [-0.1, -0.05) is 0 Å². The molecule has 0 spiro atoms. The van der Waals surface area contributed by atoms with Gasteiger partial charge in [0, 0.05) is 12.2 Å². The van der Waals surface area contributed by atoms with Crippen LogP contribution in [0, 0.1) is 10.1 Å². The number of hydrogen-bond acceptors (Lipinski definition) is 3. The third-order valence-electron chi connectivity index (χ3n) is 0.558. The largest absolute Gasteiger partial charge is 0.478 e. The third-order valence-corrected chi connectivity index (χ3v) is 0.558. The molecular weight excluding hydrogens is 138 g/mol. The quantitative estimate of drug-likeness (QED) is 0.268. The summed E-state index contributed by atoms with van der Waals surface area (Å²) in [5.41, 5.74) is 0. The van der Waals surface area contributed by atoms with Crippen molar-refractivity contribution in [3.8, 4) is 0 Å². The molecule has 0 fully saturated rings. The van der Waals surface area contributed by atoms with Crippen LogP contribution in [0.4, 0.5) is 0 Å². The van der Waals surface area contributed by atoms with Gasteiger partial charge in [-0.05, 0) is 6.08 Å². The number of allylic oxidation sites excluding steroid dienone is 2. The van der Waals surface area contributed by atoms with E-state index in [0.717, 1.165) is 18.2 Å². The summed E-state index contributed by atoms with van der Waals surface area (Å²) in [7, 11) is 0. The molecule has 0 aromatic rings. The zero-order valence-corrected chi connectivity index (χ0v) is 4.93. The average molecular weight is 143 g/mol. The normalized spacial score (nSPS) is 10.8. The minimum Gasteiger partial charge on any atom is -0.478 e. The maximum absolute atomic E-state index is 9.75. The molecule has 1 N–H and O–H groups in total. The highest BCUT2D eigenvalue weighted by molar-refractivity contribution is 5.80. The summed E-state index contributed by atoms with van der Waals surface area (Å²) in [5, 5.41) is 17.6. The SMILES string of the molecule is O=C(O)/C=C/C=C/[N+](=O)[O-]. The molecule has 0 aliphatic heterocycles. The second kappa shape index (κ2) is 4.25. The Kier molecular flexibility index (Phi) is 3.55. The minimum absolute atomic E-state index is 0.652. The van der Waals surface area contributed by atoms with Gasteiger partial charge in [0.05, 0.1) is 4.92 Å². The molecule has 0 radical (unpaired) electrons. The first-order valence-corrected chi connectivity index (χ1v) is 2.34. The van der Waals surface area contributed by atoms with Crippen molar-refractivity contribution in [1.29, 1.82) is 0 Å². The Labute approximate surface area is 56.4 Å². The number of rotatable bonds is 3. The lowest BCUT2D eigenvalue weighted by Gasteiger charge is -1.74. The summed E-state index contributed by atoms with van der Waals surface area (Å²) in [6.45, 7) is 0. The molecule has 0 aromatic heterocycles. The van der Waals surface area contributed by atoms with Crippen LogP contribution in [0.15, 0.2) is 24.4 Å². The van der Waals surface area contributed by atoms with Crippen LogP contribution in [0.1, 0.15) is 0 Å². The molecule has 0 amide bonds. The van der Waals surface area contributed by atoms with Crippen LogP contribution in [0.2, 0.25) is 0 Å². The molecule has 5 nitrogen and oxygen atoms in total. The van der Waals surface area contributed by atoms with Crippen molar-refractivity contribution < 1.29 is 14.8 Å². The number of aliphatic carboxylic acids is 1. The predicted molar refractivity (Wildman–Crippen MR) is 32.9 cm³/mol. The Balaban J connectivity index is 3.73. The van der Waals surface area contributed by atoms with Crippen molar-refractivity contribution >= 4 is 5.97 Å². The van der Waals surface area contributed by atoms with Gasteiger partial charge in [-0.15, -0.1) is 0 Å². The van der Waals surface area contributed by atoms with Gasteiger partial charge in [0.25, 0.3) is 0 Å². The van der Waals surface area contributed by atoms with Gasteiger partial charge in [0.1, 0.15) is 0 Å². The average Bonchev–Trinajstić information content (AvgIpc) is 1.79. The zero-order valence-electron chi connectivity index (χ0n) is 4.93. The van der Waals surface area contributed by atoms with Crippen molar-refractivity contribution in [3.63, 3.8) is 0 Å². The maximum Gasteiger partial charge on any atom is 0.328 e. The summed E-state index contributed by atoms with van der Waals surface area (Å²) in [4.78, 5) is 18.7. The van der Waals surface area contributed by atoms with Crippen LogP contribution < -0.4 is 0 Å². The van der Waals surface area contributed by atoms with Crippen molar-refractivity contribution in [2.75, 3.05) is 0 Å². The fraction of sp³-hybridized carbons (Fsp3) is 0. The molecule has 0 saturated heterocycles. The highest BCUT2D eigenvalue weighted by Crippen LogP contribution is 1.77. The fourth-order valence-electron chi connectivity index (χ4n) is 0.258. The second-order valence-electron chi connectivity index (χ2n) is 1.32. The summed E-state index contributed by atoms with van der Waals surface area (Å²) in [6.07, 6.45) is 3.57. The predicted octanol–water partition coefficient (Wildman–Crippen LogP) is 0.418. The number of carboxylic acid groups (broad SMARTS) is 1. The van der Waals surface area contributed by atoms with Crippen LogP contribution in [0.3, 0.4) is 0 Å². The molecular formula is C5H5NO4. The Hall–Kier alpha value is -1.65. The van der Waals surface area contributed by atoms with E-state index in [9.17, 15) is 14.9 Å². The molecule has 0 atom stereocenters. The van der Waals surface area contributed by atoms with Crippen molar-refractivity contribution in [2.24, 2.45) is 0 Å². The first-order chi connectivity index (χ1) is 4.63. The van der Waals surface area contributed by atoms with Crippen molar-refractivity contribution in [1.82, 2.24) is 0 Å². The number of nitro groups is 1. The monoisotopic (exact) mass is 143 g/mol. The van der Waals surface area contributed by atoms with Crippen LogP contribution in [0.25, 0.3) is 0 Å². The Morgan fingerprint density at radius 3 is 2.50 bits per heavy atom. The fourth-order valence-corrected chi connectivity index (χ4v) is 0.258. The van der Waals surface area contributed by atoms with E-state index in [2.05, 4.69) is 0 Å². The Morgan fingerprint density at radius 2 is 2.10 bits per heavy atom. The molecule has 0 unspecified atom stereocenters. The van der Waals surface area contributed by atoms with E-state index in [0.29, 0.717) is 6.20 Å². The third kappa shape index (κ3) is 6.35. The summed E-state index contributed by atoms with van der Waals surface area (Å²) >= 11 is 0. The lowest BCUT2D eigenvalue weighted by Crippen LogP contribution is -1.85. The molecule has 0 aliphatic rings. The summed E-state index contributed by atoms with van der Waals surface area (Å²) < 4.78 is 0. The van der Waals surface area contributed by atoms with Gasteiger partial charge in [-0.2, -0.15) is 0 Å². The molecule has 0 heterocycles. The van der Waals surface area contributed by atoms with Gasteiger partial charge in [0.2, 0.25) is 6.20 Å². The van der Waals surface area contributed by atoms with Gasteiger partial charge in [0.15, 0.2) is 0 Å². The number of carbonyl (C=O) groups is 1. The van der Waals surface area contributed by atoms with E-state index in [1.165, 1.54) is 0 Å². The van der Waals surface area contributed by atoms with Crippen molar-refractivity contribution in [3.05, 3.63) is 34.5 Å². The molecule has 0 bridgehead atoms. The van der Waals surface area contributed by atoms with Gasteiger partial charge in [-0.3, -0.25) is 10.1 Å². The first kappa shape index (κ1) is 8.35. The molecule has 0 saturated carbocycles. The Bertz CT molecular complexity index is 172. The molecule has 54 valence electrons. The smallest absolute Gasteiger partial charge is 0.328 e. The molecule has 10 heavy (non-hydrogen) atoms. The van der Waals surface area contributed by atoms with E-state index < -0.39 is 10.9 Å². The number of hydrogen-bond donors (Lipinski definition) is 1. The highest BCUT2D eigenvalue weighted by Gasteiger charge is 1.82. The first-order valence-electron chi connectivity index (χ1n) is 2.34. The summed E-state index contributed by atoms with van der Waals surface area (Å²) in [5.74, 6) is -1.13. The second-order valence-corrected chi connectivity index (χ2v) is 1.32. The number of carboxylic acids is 1. The van der Waals surface area contributed by atoms with Crippen LogP contribution in [0.5, 0.6) is 0 Å². The van der Waals surface area contributed by atoms with Crippen molar-refractivity contribution in [2.45, 2.75) is 0 Å². The van der Waals surface area contributed by atoms with Crippen LogP contribution in [-0.2, 0) is 4.79 Å². The van der Waals surface area contributed by atoms with Crippen LogP contribution >= 0.6 is 0 Å².